The zero-order valence-corrected chi connectivity index (χ0v) is 15.3. The van der Waals surface area contributed by atoms with Crippen LogP contribution in [0.25, 0.3) is 5.69 Å². The summed E-state index contributed by atoms with van der Waals surface area (Å²) < 4.78 is 1.96. The number of hydrogen-bond acceptors (Lipinski definition) is 4. The second-order valence-corrected chi connectivity index (χ2v) is 7.44. The average Bonchev–Trinajstić information content (AvgIpc) is 3.01. The van der Waals surface area contributed by atoms with Crippen LogP contribution in [0, 0.1) is 13.8 Å². The van der Waals surface area contributed by atoms with E-state index < -0.39 is 0 Å². The van der Waals surface area contributed by atoms with Gasteiger partial charge in [-0.25, -0.2) is 0 Å². The zero-order chi connectivity index (χ0) is 17.1. The van der Waals surface area contributed by atoms with Gasteiger partial charge in [0.1, 0.15) is 6.33 Å². The molecule has 0 N–H and O–H groups in total. The number of carbonyl (C=O) groups excluding carboxylic acids is 1. The van der Waals surface area contributed by atoms with Gasteiger partial charge in [-0.3, -0.25) is 9.36 Å². The van der Waals surface area contributed by atoms with E-state index in [-0.39, 0.29) is 5.91 Å². The maximum Gasteiger partial charge on any atom is 0.233 e. The fraction of sp³-hybridized carbons (Fsp3) is 0.500. The molecular weight excluding hydrogens is 320 g/mol. The van der Waals surface area contributed by atoms with Gasteiger partial charge in [0, 0.05) is 12.6 Å². The molecule has 1 aliphatic rings. The molecular formula is C18H24N4OS. The first-order valence-corrected chi connectivity index (χ1v) is 9.44. The Morgan fingerprint density at radius 3 is 2.92 bits per heavy atom. The lowest BCUT2D eigenvalue weighted by Crippen LogP contribution is -2.42. The van der Waals surface area contributed by atoms with Crippen molar-refractivity contribution >= 4 is 17.7 Å². The van der Waals surface area contributed by atoms with Crippen LogP contribution in [0.5, 0.6) is 0 Å². The third-order valence-electron chi connectivity index (χ3n) is 4.58. The number of amides is 1. The first-order chi connectivity index (χ1) is 11.6. The molecule has 0 bridgehead atoms. The highest BCUT2D eigenvalue weighted by molar-refractivity contribution is 7.99. The summed E-state index contributed by atoms with van der Waals surface area (Å²) in [6.45, 7) is 7.18. The lowest BCUT2D eigenvalue weighted by atomic mass is 10.0. The Balaban J connectivity index is 1.71. The Bertz CT molecular complexity index is 728. The number of likely N-dealkylation sites (tertiary alicyclic amines) is 1. The van der Waals surface area contributed by atoms with Crippen LogP contribution in [0.4, 0.5) is 0 Å². The molecule has 3 rings (SSSR count). The zero-order valence-electron chi connectivity index (χ0n) is 14.5. The molecule has 2 heterocycles. The van der Waals surface area contributed by atoms with Crippen LogP contribution in [-0.4, -0.2) is 43.9 Å². The van der Waals surface area contributed by atoms with Gasteiger partial charge in [0.05, 0.1) is 11.4 Å². The molecule has 6 heteroatoms. The number of thioether (sulfide) groups is 1. The fourth-order valence-electron chi connectivity index (χ4n) is 3.24. The number of nitrogens with zero attached hydrogens (tertiary/aromatic N) is 4. The predicted octanol–water partition coefficient (Wildman–Crippen LogP) is 3.38. The number of hydrogen-bond donors (Lipinski definition) is 0. The first-order valence-electron chi connectivity index (χ1n) is 8.46. The Hall–Kier alpha value is -1.82. The predicted molar refractivity (Wildman–Crippen MR) is 96.6 cm³/mol. The van der Waals surface area contributed by atoms with E-state index in [1.165, 1.54) is 29.3 Å². The number of rotatable bonds is 4. The molecule has 1 saturated heterocycles. The minimum Gasteiger partial charge on any atom is -0.339 e. The van der Waals surface area contributed by atoms with Gasteiger partial charge in [-0.1, -0.05) is 29.5 Å². The maximum absolute atomic E-state index is 12.5. The van der Waals surface area contributed by atoms with Crippen LogP contribution in [0.2, 0.25) is 0 Å². The van der Waals surface area contributed by atoms with Crippen molar-refractivity contribution in [3.8, 4) is 5.69 Å². The van der Waals surface area contributed by atoms with E-state index in [4.69, 9.17) is 0 Å². The third-order valence-corrected chi connectivity index (χ3v) is 5.50. The van der Waals surface area contributed by atoms with Gasteiger partial charge in [-0.2, -0.15) is 0 Å². The van der Waals surface area contributed by atoms with Gasteiger partial charge in [-0.05, 0) is 51.7 Å². The Morgan fingerprint density at radius 1 is 1.33 bits per heavy atom. The smallest absolute Gasteiger partial charge is 0.233 e. The van der Waals surface area contributed by atoms with E-state index in [1.54, 1.807) is 6.33 Å². The SMILES string of the molecule is Cc1ccc(-n2cnnc2SCC(=O)N2CCCC[C@@H]2C)c(C)c1. The number of piperidine rings is 1. The van der Waals surface area contributed by atoms with E-state index >= 15 is 0 Å². The molecule has 1 aromatic carbocycles. The van der Waals surface area contributed by atoms with Crippen molar-refractivity contribution in [3.05, 3.63) is 35.7 Å². The normalized spacial score (nSPS) is 18.0. The topological polar surface area (TPSA) is 51.0 Å². The van der Waals surface area contributed by atoms with Gasteiger partial charge in [0.2, 0.25) is 5.91 Å². The standard InChI is InChI=1S/C18H24N4OS/c1-13-7-8-16(14(2)10-13)22-12-19-20-18(22)24-11-17(23)21-9-5-4-6-15(21)3/h7-8,10,12,15H,4-6,9,11H2,1-3H3/t15-/m0/s1. The number of benzene rings is 1. The highest BCUT2D eigenvalue weighted by Gasteiger charge is 2.23. The quantitative estimate of drug-likeness (QED) is 0.798. The fourth-order valence-corrected chi connectivity index (χ4v) is 4.05. The lowest BCUT2D eigenvalue weighted by Gasteiger charge is -2.33. The maximum atomic E-state index is 12.5. The number of aryl methyl sites for hydroxylation is 2. The summed E-state index contributed by atoms with van der Waals surface area (Å²) in [4.78, 5) is 14.5. The summed E-state index contributed by atoms with van der Waals surface area (Å²) in [7, 11) is 0. The lowest BCUT2D eigenvalue weighted by molar-refractivity contribution is -0.131. The van der Waals surface area contributed by atoms with Crippen LogP contribution in [0.15, 0.2) is 29.7 Å². The summed E-state index contributed by atoms with van der Waals surface area (Å²) in [5, 5.41) is 9.00. The summed E-state index contributed by atoms with van der Waals surface area (Å²) in [5.74, 6) is 0.607. The molecule has 0 radical (unpaired) electrons. The Morgan fingerprint density at radius 2 is 2.17 bits per heavy atom. The Labute approximate surface area is 147 Å². The van der Waals surface area contributed by atoms with Gasteiger partial charge >= 0.3 is 0 Å². The molecule has 1 aliphatic heterocycles. The molecule has 1 amide bonds. The molecule has 1 aromatic heterocycles. The first kappa shape index (κ1) is 17.0. The molecule has 24 heavy (non-hydrogen) atoms. The molecule has 2 aromatic rings. The van der Waals surface area contributed by atoms with Crippen molar-refractivity contribution in [1.29, 1.82) is 0 Å². The van der Waals surface area contributed by atoms with E-state index in [0.717, 1.165) is 30.2 Å². The van der Waals surface area contributed by atoms with Crippen molar-refractivity contribution in [2.45, 2.75) is 51.2 Å². The molecule has 1 fully saturated rings. The van der Waals surface area contributed by atoms with E-state index in [2.05, 4.69) is 49.2 Å². The average molecular weight is 344 g/mol. The molecule has 5 nitrogen and oxygen atoms in total. The summed E-state index contributed by atoms with van der Waals surface area (Å²) in [6, 6.07) is 6.65. The molecule has 128 valence electrons. The van der Waals surface area contributed by atoms with Crippen LogP contribution < -0.4 is 0 Å². The minimum atomic E-state index is 0.197. The van der Waals surface area contributed by atoms with Gasteiger partial charge in [0.25, 0.3) is 0 Å². The van der Waals surface area contributed by atoms with Gasteiger partial charge in [0.15, 0.2) is 5.16 Å². The summed E-state index contributed by atoms with van der Waals surface area (Å²) in [5.41, 5.74) is 3.47. The minimum absolute atomic E-state index is 0.197. The molecule has 0 saturated carbocycles. The monoisotopic (exact) mass is 344 g/mol. The van der Waals surface area contributed by atoms with Crippen molar-refractivity contribution < 1.29 is 4.79 Å². The van der Waals surface area contributed by atoms with Crippen molar-refractivity contribution in [1.82, 2.24) is 19.7 Å². The van der Waals surface area contributed by atoms with Crippen LogP contribution >= 0.6 is 11.8 Å². The van der Waals surface area contributed by atoms with E-state index in [0.29, 0.717) is 11.8 Å². The molecule has 0 spiro atoms. The Kier molecular flexibility index (Phi) is 5.23. The molecule has 0 aliphatic carbocycles. The van der Waals surface area contributed by atoms with Gasteiger partial charge < -0.3 is 4.90 Å². The van der Waals surface area contributed by atoms with Crippen LogP contribution in [0.3, 0.4) is 0 Å². The van der Waals surface area contributed by atoms with Crippen LogP contribution in [-0.2, 0) is 4.79 Å². The van der Waals surface area contributed by atoms with E-state index in [9.17, 15) is 4.79 Å². The molecule has 0 unspecified atom stereocenters. The largest absolute Gasteiger partial charge is 0.339 e. The number of aromatic nitrogens is 3. The highest BCUT2D eigenvalue weighted by Crippen LogP contribution is 2.24. The summed E-state index contributed by atoms with van der Waals surface area (Å²) in [6.07, 6.45) is 5.15. The second kappa shape index (κ2) is 7.38. The summed E-state index contributed by atoms with van der Waals surface area (Å²) >= 11 is 1.46. The second-order valence-electron chi connectivity index (χ2n) is 6.49. The van der Waals surface area contributed by atoms with E-state index in [1.807, 2.05) is 9.47 Å². The van der Waals surface area contributed by atoms with Crippen LogP contribution in [0.1, 0.15) is 37.3 Å². The van der Waals surface area contributed by atoms with Crippen molar-refractivity contribution in [2.24, 2.45) is 0 Å². The van der Waals surface area contributed by atoms with Crippen molar-refractivity contribution in [2.75, 3.05) is 12.3 Å². The third kappa shape index (κ3) is 3.64. The number of carbonyl (C=O) groups is 1. The van der Waals surface area contributed by atoms with Gasteiger partial charge in [-0.15, -0.1) is 10.2 Å². The molecule has 1 atom stereocenters. The highest BCUT2D eigenvalue weighted by atomic mass is 32.2. The van der Waals surface area contributed by atoms with Crippen molar-refractivity contribution in [3.63, 3.8) is 0 Å².